The molecule has 0 aliphatic carbocycles. The van der Waals surface area contributed by atoms with Crippen molar-refractivity contribution in [1.82, 2.24) is 4.90 Å². The molecule has 106 valence electrons. The average Bonchev–Trinajstić information content (AvgIpc) is 2.36. The monoisotopic (exact) mass is 265 g/mol. The predicted octanol–water partition coefficient (Wildman–Crippen LogP) is 1.33. The summed E-state index contributed by atoms with van der Waals surface area (Å²) in [5.74, 6) is 5.32. The Bertz CT molecular complexity index is 452. The minimum Gasteiger partial charge on any atom is -0.395 e. The summed E-state index contributed by atoms with van der Waals surface area (Å²) in [6, 6.07) is 5.52. The Labute approximate surface area is 114 Å². The van der Waals surface area contributed by atoms with E-state index in [0.717, 1.165) is 5.56 Å². The van der Waals surface area contributed by atoms with Crippen LogP contribution >= 0.6 is 0 Å². The van der Waals surface area contributed by atoms with E-state index in [0.29, 0.717) is 17.8 Å². The van der Waals surface area contributed by atoms with Crippen molar-refractivity contribution in [1.29, 1.82) is 0 Å². The van der Waals surface area contributed by atoms with Gasteiger partial charge in [-0.15, -0.1) is 0 Å². The number of aliphatic hydroxyl groups excluding tert-OH is 1. The number of amides is 1. The van der Waals surface area contributed by atoms with Crippen LogP contribution in [0, 0.1) is 0 Å². The molecular weight excluding hydrogens is 242 g/mol. The maximum absolute atomic E-state index is 12.2. The van der Waals surface area contributed by atoms with Crippen molar-refractivity contribution >= 4 is 11.6 Å². The maximum Gasteiger partial charge on any atom is 0.253 e. The molecule has 0 saturated heterocycles. The van der Waals surface area contributed by atoms with Crippen molar-refractivity contribution in [3.8, 4) is 0 Å². The summed E-state index contributed by atoms with van der Waals surface area (Å²) >= 11 is 0. The van der Waals surface area contributed by atoms with Crippen LogP contribution in [0.2, 0.25) is 0 Å². The highest BCUT2D eigenvalue weighted by Gasteiger charge is 2.19. The van der Waals surface area contributed by atoms with Crippen molar-refractivity contribution in [2.45, 2.75) is 26.2 Å². The van der Waals surface area contributed by atoms with Gasteiger partial charge in [-0.1, -0.05) is 20.8 Å². The Morgan fingerprint density at radius 3 is 2.47 bits per heavy atom. The van der Waals surface area contributed by atoms with E-state index in [1.54, 1.807) is 13.1 Å². The molecular formula is C14H23N3O2. The number of hydrogen-bond donors (Lipinski definition) is 3. The second-order valence-electron chi connectivity index (χ2n) is 5.64. The van der Waals surface area contributed by atoms with E-state index < -0.39 is 0 Å². The Kier molecular flexibility index (Phi) is 4.91. The summed E-state index contributed by atoms with van der Waals surface area (Å²) in [6.07, 6.45) is 0. The van der Waals surface area contributed by atoms with Crippen molar-refractivity contribution in [3.63, 3.8) is 0 Å². The summed E-state index contributed by atoms with van der Waals surface area (Å²) in [4.78, 5) is 13.7. The number of nitrogens with zero attached hydrogens (tertiary/aromatic N) is 1. The largest absolute Gasteiger partial charge is 0.395 e. The normalized spacial score (nSPS) is 11.3. The molecule has 1 aromatic rings. The van der Waals surface area contributed by atoms with E-state index >= 15 is 0 Å². The highest BCUT2D eigenvalue weighted by atomic mass is 16.3. The van der Waals surface area contributed by atoms with Crippen LogP contribution in [0.4, 0.5) is 5.69 Å². The van der Waals surface area contributed by atoms with Crippen LogP contribution in [0.3, 0.4) is 0 Å². The first-order valence-corrected chi connectivity index (χ1v) is 6.28. The number of hydrazine groups is 1. The quantitative estimate of drug-likeness (QED) is 0.567. The summed E-state index contributed by atoms with van der Waals surface area (Å²) in [5.41, 5.74) is 4.81. The molecule has 1 amide bonds. The van der Waals surface area contributed by atoms with E-state index in [-0.39, 0.29) is 17.9 Å². The lowest BCUT2D eigenvalue weighted by Gasteiger charge is -2.22. The third-order valence-electron chi connectivity index (χ3n) is 2.99. The van der Waals surface area contributed by atoms with E-state index in [1.807, 2.05) is 12.1 Å². The second-order valence-corrected chi connectivity index (χ2v) is 5.64. The highest BCUT2D eigenvalue weighted by molar-refractivity contribution is 5.95. The van der Waals surface area contributed by atoms with E-state index in [4.69, 9.17) is 10.9 Å². The SMILES string of the molecule is CN(CCO)C(=O)c1cc(NN)cc(C(C)(C)C)c1. The smallest absolute Gasteiger partial charge is 0.253 e. The van der Waals surface area contributed by atoms with Gasteiger partial charge in [0.1, 0.15) is 0 Å². The van der Waals surface area contributed by atoms with Gasteiger partial charge in [0.05, 0.1) is 6.61 Å². The van der Waals surface area contributed by atoms with Gasteiger partial charge in [0.2, 0.25) is 0 Å². The molecule has 0 unspecified atom stereocenters. The molecule has 5 heteroatoms. The fourth-order valence-corrected chi connectivity index (χ4v) is 1.74. The number of benzene rings is 1. The lowest BCUT2D eigenvalue weighted by Crippen LogP contribution is -2.30. The number of nitrogens with one attached hydrogen (secondary N) is 1. The molecule has 0 aromatic heterocycles. The zero-order valence-corrected chi connectivity index (χ0v) is 12.0. The number of carbonyl (C=O) groups is 1. The highest BCUT2D eigenvalue weighted by Crippen LogP contribution is 2.26. The van der Waals surface area contributed by atoms with Gasteiger partial charge in [-0.05, 0) is 29.2 Å². The molecule has 1 rings (SSSR count). The minimum atomic E-state index is -0.128. The molecule has 5 nitrogen and oxygen atoms in total. The Morgan fingerprint density at radius 1 is 1.37 bits per heavy atom. The molecule has 1 aromatic carbocycles. The molecule has 19 heavy (non-hydrogen) atoms. The van der Waals surface area contributed by atoms with Crippen LogP contribution in [0.15, 0.2) is 18.2 Å². The van der Waals surface area contributed by atoms with Gasteiger partial charge < -0.3 is 15.4 Å². The number of aliphatic hydroxyl groups is 1. The number of likely N-dealkylation sites (N-methyl/N-ethyl adjacent to an activating group) is 1. The number of nitrogens with two attached hydrogens (primary N) is 1. The number of rotatable bonds is 4. The Hall–Kier alpha value is -1.59. The molecule has 0 spiro atoms. The Balaban J connectivity index is 3.17. The van der Waals surface area contributed by atoms with E-state index in [2.05, 4.69) is 26.2 Å². The summed E-state index contributed by atoms with van der Waals surface area (Å²) in [7, 11) is 1.66. The first-order valence-electron chi connectivity index (χ1n) is 6.28. The molecule has 0 aliphatic heterocycles. The zero-order valence-electron chi connectivity index (χ0n) is 12.0. The maximum atomic E-state index is 12.2. The molecule has 0 radical (unpaired) electrons. The van der Waals surface area contributed by atoms with Crippen molar-refractivity contribution in [2.24, 2.45) is 5.84 Å². The topological polar surface area (TPSA) is 78.6 Å². The van der Waals surface area contributed by atoms with Crippen LogP contribution in [0.5, 0.6) is 0 Å². The summed E-state index contributed by atoms with van der Waals surface area (Å²) in [5, 5.41) is 8.89. The minimum absolute atomic E-state index is 0.0524. The van der Waals surface area contributed by atoms with Gasteiger partial charge in [-0.2, -0.15) is 0 Å². The molecule has 0 heterocycles. The Morgan fingerprint density at radius 2 is 2.00 bits per heavy atom. The zero-order chi connectivity index (χ0) is 14.6. The lowest BCUT2D eigenvalue weighted by atomic mass is 9.85. The van der Waals surface area contributed by atoms with Crippen LogP contribution < -0.4 is 11.3 Å². The summed E-state index contributed by atoms with van der Waals surface area (Å²) < 4.78 is 0. The van der Waals surface area contributed by atoms with Crippen LogP contribution in [0.1, 0.15) is 36.7 Å². The predicted molar refractivity (Wildman–Crippen MR) is 77.0 cm³/mol. The third-order valence-corrected chi connectivity index (χ3v) is 2.99. The molecule has 0 fully saturated rings. The van der Waals surface area contributed by atoms with E-state index in [1.165, 1.54) is 4.90 Å². The number of carbonyl (C=O) groups excluding carboxylic acids is 1. The number of anilines is 1. The second kappa shape index (κ2) is 6.04. The van der Waals surface area contributed by atoms with Gasteiger partial charge >= 0.3 is 0 Å². The van der Waals surface area contributed by atoms with Crippen LogP contribution in [0.25, 0.3) is 0 Å². The lowest BCUT2D eigenvalue weighted by molar-refractivity contribution is 0.0767. The average molecular weight is 265 g/mol. The van der Waals surface area contributed by atoms with Crippen molar-refractivity contribution in [2.75, 3.05) is 25.6 Å². The van der Waals surface area contributed by atoms with Crippen molar-refractivity contribution < 1.29 is 9.90 Å². The van der Waals surface area contributed by atoms with Gasteiger partial charge in [0.25, 0.3) is 5.91 Å². The van der Waals surface area contributed by atoms with Gasteiger partial charge in [-0.25, -0.2) is 0 Å². The fraction of sp³-hybridized carbons (Fsp3) is 0.500. The summed E-state index contributed by atoms with van der Waals surface area (Å²) in [6.45, 7) is 6.49. The van der Waals surface area contributed by atoms with E-state index in [9.17, 15) is 4.79 Å². The number of nitrogen functional groups attached to an aromatic ring is 1. The first-order chi connectivity index (χ1) is 8.79. The molecule has 0 atom stereocenters. The van der Waals surface area contributed by atoms with Gasteiger partial charge in [0, 0.05) is 24.8 Å². The molecule has 0 bridgehead atoms. The standard InChI is InChI=1S/C14H23N3O2/c1-14(2,3)11-7-10(8-12(9-11)16-15)13(19)17(4)5-6-18/h7-9,16,18H,5-6,15H2,1-4H3. The van der Waals surface area contributed by atoms with Gasteiger partial charge in [0.15, 0.2) is 0 Å². The van der Waals surface area contributed by atoms with Crippen LogP contribution in [-0.4, -0.2) is 36.1 Å². The molecule has 0 aliphatic rings. The fourth-order valence-electron chi connectivity index (χ4n) is 1.74. The molecule has 0 saturated carbocycles. The number of hydrogen-bond acceptors (Lipinski definition) is 4. The first kappa shape index (κ1) is 15.5. The molecule has 4 N–H and O–H groups in total. The van der Waals surface area contributed by atoms with Gasteiger partial charge in [-0.3, -0.25) is 10.6 Å². The van der Waals surface area contributed by atoms with Crippen molar-refractivity contribution in [3.05, 3.63) is 29.3 Å². The van der Waals surface area contributed by atoms with Crippen LogP contribution in [-0.2, 0) is 5.41 Å². The third kappa shape index (κ3) is 3.94.